The molecule has 0 aromatic carbocycles. The van der Waals surface area contributed by atoms with E-state index in [2.05, 4.69) is 22.4 Å². The molecule has 6 heteroatoms. The van der Waals surface area contributed by atoms with E-state index in [9.17, 15) is 4.79 Å². The molecule has 1 aromatic rings. The van der Waals surface area contributed by atoms with E-state index in [1.54, 1.807) is 17.0 Å². The average molecular weight is 264 g/mol. The van der Waals surface area contributed by atoms with Crippen molar-refractivity contribution in [3.63, 3.8) is 0 Å². The number of hydrogen-bond acceptors (Lipinski definition) is 5. The molecule has 1 fully saturated rings. The average Bonchev–Trinajstić information content (AvgIpc) is 2.45. The molecule has 0 aliphatic carbocycles. The lowest BCUT2D eigenvalue weighted by Crippen LogP contribution is -2.44. The monoisotopic (exact) mass is 264 g/mol. The number of ether oxygens (including phenoxy) is 1. The van der Waals surface area contributed by atoms with Crippen LogP contribution >= 0.6 is 0 Å². The largest absolute Gasteiger partial charge is 0.375 e. The molecule has 2 rings (SSSR count). The van der Waals surface area contributed by atoms with Gasteiger partial charge < -0.3 is 15.0 Å². The molecule has 0 radical (unpaired) electrons. The fourth-order valence-electron chi connectivity index (χ4n) is 1.96. The first-order valence-corrected chi connectivity index (χ1v) is 6.69. The molecule has 0 spiro atoms. The topological polar surface area (TPSA) is 67.4 Å². The van der Waals surface area contributed by atoms with Crippen LogP contribution in [0.2, 0.25) is 0 Å². The van der Waals surface area contributed by atoms with E-state index in [-0.39, 0.29) is 12.0 Å². The molecule has 1 atom stereocenters. The SMILES string of the molecule is CCCNc1ccc(C(=O)N2CCOC(C)C2)nn1. The smallest absolute Gasteiger partial charge is 0.274 e. The zero-order valence-corrected chi connectivity index (χ0v) is 11.4. The van der Waals surface area contributed by atoms with Crippen LogP contribution in [-0.4, -0.2) is 53.3 Å². The lowest BCUT2D eigenvalue weighted by Gasteiger charge is -2.30. The summed E-state index contributed by atoms with van der Waals surface area (Å²) >= 11 is 0. The summed E-state index contributed by atoms with van der Waals surface area (Å²) in [6, 6.07) is 3.51. The lowest BCUT2D eigenvalue weighted by atomic mass is 10.2. The van der Waals surface area contributed by atoms with Gasteiger partial charge in [0.25, 0.3) is 5.91 Å². The highest BCUT2D eigenvalue weighted by atomic mass is 16.5. The van der Waals surface area contributed by atoms with Crippen LogP contribution in [0.4, 0.5) is 5.82 Å². The fraction of sp³-hybridized carbons (Fsp3) is 0.615. The van der Waals surface area contributed by atoms with Crippen LogP contribution in [-0.2, 0) is 4.74 Å². The molecule has 1 aliphatic rings. The van der Waals surface area contributed by atoms with Gasteiger partial charge in [-0.2, -0.15) is 0 Å². The Morgan fingerprint density at radius 1 is 1.53 bits per heavy atom. The molecule has 19 heavy (non-hydrogen) atoms. The number of morpholine rings is 1. The van der Waals surface area contributed by atoms with Gasteiger partial charge in [-0.05, 0) is 25.5 Å². The summed E-state index contributed by atoms with van der Waals surface area (Å²) in [4.78, 5) is 14.0. The van der Waals surface area contributed by atoms with Gasteiger partial charge in [-0.3, -0.25) is 4.79 Å². The Labute approximate surface area is 113 Å². The van der Waals surface area contributed by atoms with Gasteiger partial charge in [0.2, 0.25) is 0 Å². The number of hydrogen-bond donors (Lipinski definition) is 1. The van der Waals surface area contributed by atoms with Crippen molar-refractivity contribution in [2.24, 2.45) is 0 Å². The van der Waals surface area contributed by atoms with E-state index in [1.165, 1.54) is 0 Å². The van der Waals surface area contributed by atoms with Crippen LogP contribution in [0, 0.1) is 0 Å². The second kappa shape index (κ2) is 6.47. The summed E-state index contributed by atoms with van der Waals surface area (Å²) in [7, 11) is 0. The normalized spacial score (nSPS) is 19.3. The highest BCUT2D eigenvalue weighted by molar-refractivity contribution is 5.92. The maximum absolute atomic E-state index is 12.2. The number of carbonyl (C=O) groups is 1. The maximum Gasteiger partial charge on any atom is 0.274 e. The Kier molecular flexibility index (Phi) is 4.68. The minimum Gasteiger partial charge on any atom is -0.375 e. The van der Waals surface area contributed by atoms with Gasteiger partial charge in [-0.15, -0.1) is 10.2 Å². The summed E-state index contributed by atoms with van der Waals surface area (Å²) in [5.74, 6) is 0.624. The van der Waals surface area contributed by atoms with E-state index in [0.29, 0.717) is 31.2 Å². The predicted octanol–water partition coefficient (Wildman–Crippen LogP) is 1.16. The molecule has 104 valence electrons. The number of nitrogens with zero attached hydrogens (tertiary/aromatic N) is 3. The number of nitrogens with one attached hydrogen (secondary N) is 1. The maximum atomic E-state index is 12.2. The number of rotatable bonds is 4. The van der Waals surface area contributed by atoms with Crippen LogP contribution < -0.4 is 5.32 Å². The molecule has 0 saturated carbocycles. The van der Waals surface area contributed by atoms with Crippen LogP contribution in [0.5, 0.6) is 0 Å². The molecule has 1 amide bonds. The van der Waals surface area contributed by atoms with E-state index < -0.39 is 0 Å². The zero-order chi connectivity index (χ0) is 13.7. The van der Waals surface area contributed by atoms with Crippen molar-refractivity contribution in [1.29, 1.82) is 0 Å². The first-order valence-electron chi connectivity index (χ1n) is 6.69. The summed E-state index contributed by atoms with van der Waals surface area (Å²) in [6.07, 6.45) is 1.10. The first-order chi connectivity index (χ1) is 9.20. The lowest BCUT2D eigenvalue weighted by molar-refractivity contribution is -0.0126. The van der Waals surface area contributed by atoms with Gasteiger partial charge >= 0.3 is 0 Å². The molecule has 1 unspecified atom stereocenters. The summed E-state index contributed by atoms with van der Waals surface area (Å²) in [5, 5.41) is 11.1. The number of anilines is 1. The quantitative estimate of drug-likeness (QED) is 0.884. The molecular formula is C13H20N4O2. The Hall–Kier alpha value is -1.69. The minimum atomic E-state index is -0.0790. The Morgan fingerprint density at radius 2 is 2.37 bits per heavy atom. The van der Waals surface area contributed by atoms with Crippen molar-refractivity contribution in [3.8, 4) is 0 Å². The Bertz CT molecular complexity index is 421. The zero-order valence-electron chi connectivity index (χ0n) is 11.4. The van der Waals surface area contributed by atoms with Gasteiger partial charge in [0.1, 0.15) is 5.82 Å². The van der Waals surface area contributed by atoms with E-state index in [1.807, 2.05) is 6.92 Å². The minimum absolute atomic E-state index is 0.0790. The number of carbonyl (C=O) groups excluding carboxylic acids is 1. The van der Waals surface area contributed by atoms with Crippen LogP contribution in [0.25, 0.3) is 0 Å². The fourth-order valence-corrected chi connectivity index (χ4v) is 1.96. The Morgan fingerprint density at radius 3 is 3.00 bits per heavy atom. The summed E-state index contributed by atoms with van der Waals surface area (Å²) in [5.41, 5.74) is 0.385. The third kappa shape index (κ3) is 3.64. The van der Waals surface area contributed by atoms with Crippen LogP contribution in [0.15, 0.2) is 12.1 Å². The molecule has 0 bridgehead atoms. The van der Waals surface area contributed by atoms with E-state index >= 15 is 0 Å². The molecule has 1 aliphatic heterocycles. The van der Waals surface area contributed by atoms with Crippen molar-refractivity contribution in [2.45, 2.75) is 26.4 Å². The molecule has 1 aromatic heterocycles. The van der Waals surface area contributed by atoms with Gasteiger partial charge in [0.05, 0.1) is 12.7 Å². The van der Waals surface area contributed by atoms with Crippen molar-refractivity contribution < 1.29 is 9.53 Å². The standard InChI is InChI=1S/C13H20N4O2/c1-3-6-14-12-5-4-11(15-16-12)13(18)17-7-8-19-10(2)9-17/h4-5,10H,3,6-9H2,1-2H3,(H,14,16). The van der Waals surface area contributed by atoms with Crippen molar-refractivity contribution in [1.82, 2.24) is 15.1 Å². The predicted molar refractivity (Wildman–Crippen MR) is 72.1 cm³/mol. The summed E-state index contributed by atoms with van der Waals surface area (Å²) < 4.78 is 5.42. The highest BCUT2D eigenvalue weighted by Gasteiger charge is 2.23. The van der Waals surface area contributed by atoms with Crippen molar-refractivity contribution >= 4 is 11.7 Å². The first kappa shape index (κ1) is 13.7. The Balaban J connectivity index is 1.98. The summed E-state index contributed by atoms with van der Waals surface area (Å²) in [6.45, 7) is 6.69. The molecule has 1 N–H and O–H groups in total. The second-order valence-electron chi connectivity index (χ2n) is 4.66. The molecule has 1 saturated heterocycles. The third-order valence-electron chi connectivity index (χ3n) is 2.97. The highest BCUT2D eigenvalue weighted by Crippen LogP contribution is 2.09. The van der Waals surface area contributed by atoms with Crippen LogP contribution in [0.3, 0.4) is 0 Å². The van der Waals surface area contributed by atoms with Crippen molar-refractivity contribution in [3.05, 3.63) is 17.8 Å². The van der Waals surface area contributed by atoms with Crippen molar-refractivity contribution in [2.75, 3.05) is 31.6 Å². The molecular weight excluding hydrogens is 244 g/mol. The molecule has 2 heterocycles. The third-order valence-corrected chi connectivity index (χ3v) is 2.97. The van der Waals surface area contributed by atoms with Gasteiger partial charge in [-0.1, -0.05) is 6.92 Å². The number of aromatic nitrogens is 2. The van der Waals surface area contributed by atoms with E-state index in [4.69, 9.17) is 4.74 Å². The molecule has 6 nitrogen and oxygen atoms in total. The van der Waals surface area contributed by atoms with Gasteiger partial charge in [-0.25, -0.2) is 0 Å². The second-order valence-corrected chi connectivity index (χ2v) is 4.66. The van der Waals surface area contributed by atoms with Crippen LogP contribution in [0.1, 0.15) is 30.8 Å². The van der Waals surface area contributed by atoms with E-state index in [0.717, 1.165) is 13.0 Å². The van der Waals surface area contributed by atoms with Gasteiger partial charge in [0.15, 0.2) is 5.69 Å². The van der Waals surface area contributed by atoms with Gasteiger partial charge in [0, 0.05) is 19.6 Å². The number of amides is 1.